The van der Waals surface area contributed by atoms with Crippen molar-refractivity contribution < 1.29 is 24.2 Å². The van der Waals surface area contributed by atoms with Crippen LogP contribution in [-0.4, -0.2) is 41.8 Å². The van der Waals surface area contributed by atoms with Crippen LogP contribution in [0.15, 0.2) is 60.2 Å². The molecule has 0 spiro atoms. The minimum absolute atomic E-state index is 0.0242. The van der Waals surface area contributed by atoms with Crippen molar-refractivity contribution >= 4 is 18.0 Å². The Balaban J connectivity index is 1.32. The normalized spacial score (nSPS) is 17.2. The van der Waals surface area contributed by atoms with Crippen molar-refractivity contribution in [2.45, 2.75) is 63.5 Å². The first-order valence-electron chi connectivity index (χ1n) is 12.3. The van der Waals surface area contributed by atoms with Gasteiger partial charge in [0.1, 0.15) is 6.61 Å². The number of amides is 2. The molecule has 2 aliphatic carbocycles. The SMILES string of the molecule is CCCC[C@H](CC(=O)NC1CC=C(C(=O)O)C1)NC(=O)OCC1c2ccccc2-c2ccccc21. The Morgan fingerprint density at radius 2 is 1.71 bits per heavy atom. The van der Waals surface area contributed by atoms with Crippen molar-refractivity contribution in [3.63, 3.8) is 0 Å². The van der Waals surface area contributed by atoms with Crippen LogP contribution in [0.5, 0.6) is 0 Å². The predicted octanol–water partition coefficient (Wildman–Crippen LogP) is 4.76. The summed E-state index contributed by atoms with van der Waals surface area (Å²) >= 11 is 0. The molecule has 1 unspecified atom stereocenters. The van der Waals surface area contributed by atoms with Gasteiger partial charge in [-0.25, -0.2) is 9.59 Å². The summed E-state index contributed by atoms with van der Waals surface area (Å²) in [7, 11) is 0. The van der Waals surface area contributed by atoms with Crippen LogP contribution >= 0.6 is 0 Å². The van der Waals surface area contributed by atoms with Crippen LogP contribution in [0.2, 0.25) is 0 Å². The minimum Gasteiger partial charge on any atom is -0.478 e. The van der Waals surface area contributed by atoms with E-state index in [0.717, 1.165) is 24.0 Å². The third kappa shape index (κ3) is 5.91. The van der Waals surface area contributed by atoms with Gasteiger partial charge in [-0.05, 0) is 41.5 Å². The van der Waals surface area contributed by atoms with Crippen LogP contribution in [-0.2, 0) is 14.3 Å². The van der Waals surface area contributed by atoms with Gasteiger partial charge < -0.3 is 20.5 Å². The second-order valence-electron chi connectivity index (χ2n) is 9.25. The topological polar surface area (TPSA) is 105 Å². The molecule has 7 nitrogen and oxygen atoms in total. The lowest BCUT2D eigenvalue weighted by molar-refractivity contribution is -0.133. The van der Waals surface area contributed by atoms with Gasteiger partial charge in [0.05, 0.1) is 0 Å². The third-order valence-corrected chi connectivity index (χ3v) is 6.76. The molecule has 0 saturated carbocycles. The maximum absolute atomic E-state index is 12.7. The Morgan fingerprint density at radius 3 is 2.31 bits per heavy atom. The molecule has 2 aromatic rings. The lowest BCUT2D eigenvalue weighted by Gasteiger charge is -2.21. The molecule has 35 heavy (non-hydrogen) atoms. The average Bonchev–Trinajstić information content (AvgIpc) is 3.44. The molecular weight excluding hydrogens is 444 g/mol. The van der Waals surface area contributed by atoms with E-state index in [4.69, 9.17) is 9.84 Å². The highest BCUT2D eigenvalue weighted by Gasteiger charge is 2.29. The molecule has 3 N–H and O–H groups in total. The van der Waals surface area contributed by atoms with E-state index in [1.54, 1.807) is 6.08 Å². The summed E-state index contributed by atoms with van der Waals surface area (Å²) in [5.74, 6) is -1.17. The van der Waals surface area contributed by atoms with Gasteiger partial charge in [0.2, 0.25) is 5.91 Å². The van der Waals surface area contributed by atoms with Gasteiger partial charge in [0, 0.05) is 30.0 Å². The van der Waals surface area contributed by atoms with E-state index >= 15 is 0 Å². The lowest BCUT2D eigenvalue weighted by Crippen LogP contribution is -2.42. The van der Waals surface area contributed by atoms with Crippen LogP contribution in [0.4, 0.5) is 4.79 Å². The fourth-order valence-electron chi connectivity index (χ4n) is 4.99. The van der Waals surface area contributed by atoms with Crippen molar-refractivity contribution in [2.24, 2.45) is 0 Å². The number of unbranched alkanes of at least 4 members (excludes halogenated alkanes) is 1. The molecule has 7 heteroatoms. The summed E-state index contributed by atoms with van der Waals surface area (Å²) in [6.45, 7) is 2.28. The van der Waals surface area contributed by atoms with E-state index < -0.39 is 12.1 Å². The molecule has 2 amide bonds. The molecule has 0 radical (unpaired) electrons. The molecule has 2 aliphatic rings. The summed E-state index contributed by atoms with van der Waals surface area (Å²) in [5.41, 5.74) is 4.96. The van der Waals surface area contributed by atoms with Gasteiger partial charge in [0.25, 0.3) is 0 Å². The van der Waals surface area contributed by atoms with E-state index in [-0.39, 0.29) is 36.9 Å². The number of hydrogen-bond acceptors (Lipinski definition) is 4. The summed E-state index contributed by atoms with van der Waals surface area (Å²) in [6.07, 6.45) is 4.55. The van der Waals surface area contributed by atoms with Crippen molar-refractivity contribution in [3.05, 3.63) is 71.3 Å². The number of carbonyl (C=O) groups is 3. The van der Waals surface area contributed by atoms with Crippen molar-refractivity contribution in [2.75, 3.05) is 6.61 Å². The van der Waals surface area contributed by atoms with E-state index in [2.05, 4.69) is 41.8 Å². The largest absolute Gasteiger partial charge is 0.478 e. The zero-order chi connectivity index (χ0) is 24.8. The zero-order valence-corrected chi connectivity index (χ0v) is 20.0. The van der Waals surface area contributed by atoms with Crippen molar-refractivity contribution in [1.29, 1.82) is 0 Å². The molecule has 184 valence electrons. The summed E-state index contributed by atoms with van der Waals surface area (Å²) in [5, 5.41) is 14.9. The Labute approximate surface area is 205 Å². The van der Waals surface area contributed by atoms with E-state index in [1.165, 1.54) is 11.1 Å². The number of ether oxygens (including phenoxy) is 1. The number of carbonyl (C=O) groups excluding carboxylic acids is 2. The first-order chi connectivity index (χ1) is 17.0. The molecule has 0 fully saturated rings. The Hall–Kier alpha value is -3.61. The molecule has 4 rings (SSSR count). The first kappa shape index (κ1) is 24.5. The van der Waals surface area contributed by atoms with Crippen LogP contribution in [0.25, 0.3) is 11.1 Å². The van der Waals surface area contributed by atoms with E-state index in [0.29, 0.717) is 24.8 Å². The van der Waals surface area contributed by atoms with Gasteiger partial charge in [-0.3, -0.25) is 4.79 Å². The fourth-order valence-corrected chi connectivity index (χ4v) is 4.99. The summed E-state index contributed by atoms with van der Waals surface area (Å²) in [6, 6.07) is 15.8. The molecule has 0 heterocycles. The maximum Gasteiger partial charge on any atom is 0.407 e. The highest BCUT2D eigenvalue weighted by Crippen LogP contribution is 2.44. The smallest absolute Gasteiger partial charge is 0.407 e. The quantitative estimate of drug-likeness (QED) is 0.458. The van der Waals surface area contributed by atoms with Crippen molar-refractivity contribution in [1.82, 2.24) is 10.6 Å². The maximum atomic E-state index is 12.7. The number of rotatable bonds is 10. The Kier molecular flexibility index (Phi) is 7.85. The standard InChI is InChI=1S/C28H32N2O5/c1-2-3-8-19(16-26(31)29-20-14-13-18(15-20)27(32)33)30-28(34)35-17-25-23-11-6-4-9-21(23)22-10-5-7-12-24(22)25/h4-7,9-13,19-20,25H,2-3,8,14-17H2,1H3,(H,29,31)(H,30,34)(H,32,33)/t19-,20?/m1/s1. The van der Waals surface area contributed by atoms with Crippen LogP contribution < -0.4 is 10.6 Å². The third-order valence-electron chi connectivity index (χ3n) is 6.76. The van der Waals surface area contributed by atoms with Crippen molar-refractivity contribution in [3.8, 4) is 11.1 Å². The number of carboxylic acids is 1. The zero-order valence-electron chi connectivity index (χ0n) is 20.0. The molecule has 0 aliphatic heterocycles. The Bertz CT molecular complexity index is 1080. The molecular formula is C28H32N2O5. The molecule has 2 aromatic carbocycles. The van der Waals surface area contributed by atoms with Crippen LogP contribution in [0, 0.1) is 0 Å². The molecule has 0 bridgehead atoms. The molecule has 2 atom stereocenters. The summed E-state index contributed by atoms with van der Waals surface area (Å²) < 4.78 is 5.65. The second kappa shape index (κ2) is 11.2. The van der Waals surface area contributed by atoms with Crippen LogP contribution in [0.3, 0.4) is 0 Å². The van der Waals surface area contributed by atoms with Gasteiger partial charge in [-0.1, -0.05) is 74.4 Å². The summed E-state index contributed by atoms with van der Waals surface area (Å²) in [4.78, 5) is 36.4. The van der Waals surface area contributed by atoms with E-state index in [9.17, 15) is 14.4 Å². The fraction of sp³-hybridized carbons (Fsp3) is 0.393. The van der Waals surface area contributed by atoms with Gasteiger partial charge in [0.15, 0.2) is 0 Å². The van der Waals surface area contributed by atoms with Crippen LogP contribution in [0.1, 0.15) is 62.5 Å². The van der Waals surface area contributed by atoms with Gasteiger partial charge in [-0.15, -0.1) is 0 Å². The number of benzene rings is 2. The number of carboxylic acid groups (broad SMARTS) is 1. The van der Waals surface area contributed by atoms with Gasteiger partial charge >= 0.3 is 12.1 Å². The highest BCUT2D eigenvalue weighted by atomic mass is 16.5. The monoisotopic (exact) mass is 476 g/mol. The number of aliphatic carboxylic acids is 1. The number of fused-ring (bicyclic) bond motifs is 3. The number of hydrogen-bond donors (Lipinski definition) is 3. The van der Waals surface area contributed by atoms with Gasteiger partial charge in [-0.2, -0.15) is 0 Å². The molecule has 0 saturated heterocycles. The molecule has 0 aromatic heterocycles. The predicted molar refractivity (Wildman–Crippen MR) is 133 cm³/mol. The Morgan fingerprint density at radius 1 is 1.06 bits per heavy atom. The second-order valence-corrected chi connectivity index (χ2v) is 9.25. The first-order valence-corrected chi connectivity index (χ1v) is 12.3. The van der Waals surface area contributed by atoms with E-state index in [1.807, 2.05) is 24.3 Å². The average molecular weight is 477 g/mol. The highest BCUT2D eigenvalue weighted by molar-refractivity contribution is 5.87. The minimum atomic E-state index is -0.945. The number of alkyl carbamates (subject to hydrolysis) is 1. The lowest BCUT2D eigenvalue weighted by atomic mass is 9.98. The number of nitrogens with one attached hydrogen (secondary N) is 2.